The molecule has 0 aliphatic rings. The van der Waals surface area contributed by atoms with Gasteiger partial charge in [-0.05, 0) is 44.0 Å². The number of ether oxygens (including phenoxy) is 1. The Kier molecular flexibility index (Phi) is 6.90. The zero-order valence-electron chi connectivity index (χ0n) is 10.9. The maximum atomic E-state index is 11.8. The Morgan fingerprint density at radius 1 is 1.26 bits per heavy atom. The summed E-state index contributed by atoms with van der Waals surface area (Å²) >= 11 is 5.75. The summed E-state index contributed by atoms with van der Waals surface area (Å²) in [6.45, 7) is 2.13. The number of carbonyl (C=O) groups excluding carboxylic acids is 2. The van der Waals surface area contributed by atoms with E-state index in [9.17, 15) is 9.59 Å². The van der Waals surface area contributed by atoms with Crippen molar-refractivity contribution in [3.63, 3.8) is 0 Å². The van der Waals surface area contributed by atoms with Gasteiger partial charge in [0.25, 0.3) is 0 Å². The number of carbonyl (C=O) groups is 2. The fourth-order valence-electron chi connectivity index (χ4n) is 1.53. The van der Waals surface area contributed by atoms with Crippen molar-refractivity contribution in [2.75, 3.05) is 6.61 Å². The second-order valence-electron chi connectivity index (χ2n) is 3.98. The van der Waals surface area contributed by atoms with Crippen LogP contribution in [-0.2, 0) is 9.53 Å². The van der Waals surface area contributed by atoms with Crippen molar-refractivity contribution in [3.05, 3.63) is 47.0 Å². The number of hydrogen-bond donors (Lipinski definition) is 0. The standard InChI is InChI=1S/C15H17ClO3/c1-2-19-15(18)7-5-3-4-6-14(17)12-8-10-13(16)11-9-12/h5,7-11H,2-4,6H2,1H3/b7-5+. The normalized spacial score (nSPS) is 10.6. The van der Waals surface area contributed by atoms with E-state index in [-0.39, 0.29) is 11.8 Å². The van der Waals surface area contributed by atoms with E-state index in [0.29, 0.717) is 36.5 Å². The van der Waals surface area contributed by atoms with Gasteiger partial charge in [0, 0.05) is 23.1 Å². The zero-order valence-corrected chi connectivity index (χ0v) is 11.7. The SMILES string of the molecule is CCOC(=O)/C=C/CCCC(=O)c1ccc(Cl)cc1. The lowest BCUT2D eigenvalue weighted by molar-refractivity contribution is -0.137. The summed E-state index contributed by atoms with van der Waals surface area (Å²) in [5.41, 5.74) is 0.666. The molecule has 0 saturated heterocycles. The van der Waals surface area contributed by atoms with Crippen molar-refractivity contribution < 1.29 is 14.3 Å². The molecule has 1 aromatic carbocycles. The Hall–Kier alpha value is -1.61. The minimum Gasteiger partial charge on any atom is -0.463 e. The predicted octanol–water partition coefficient (Wildman–Crippen LogP) is 3.81. The molecule has 19 heavy (non-hydrogen) atoms. The van der Waals surface area contributed by atoms with Crippen LogP contribution in [0.1, 0.15) is 36.5 Å². The van der Waals surface area contributed by atoms with Gasteiger partial charge in [-0.2, -0.15) is 0 Å². The van der Waals surface area contributed by atoms with Crippen molar-refractivity contribution in [1.29, 1.82) is 0 Å². The maximum absolute atomic E-state index is 11.8. The molecule has 0 aliphatic heterocycles. The van der Waals surface area contributed by atoms with Crippen LogP contribution < -0.4 is 0 Å². The highest BCUT2D eigenvalue weighted by Crippen LogP contribution is 2.12. The van der Waals surface area contributed by atoms with E-state index in [1.165, 1.54) is 6.08 Å². The van der Waals surface area contributed by atoms with E-state index in [1.807, 2.05) is 0 Å². The molecular formula is C15H17ClO3. The highest BCUT2D eigenvalue weighted by molar-refractivity contribution is 6.30. The molecule has 1 rings (SSSR count). The van der Waals surface area contributed by atoms with Gasteiger partial charge in [0.15, 0.2) is 5.78 Å². The number of ketones is 1. The summed E-state index contributed by atoms with van der Waals surface area (Å²) in [7, 11) is 0. The predicted molar refractivity (Wildman–Crippen MR) is 75.4 cm³/mol. The lowest BCUT2D eigenvalue weighted by Gasteiger charge is -2.00. The first-order chi connectivity index (χ1) is 9.13. The van der Waals surface area contributed by atoms with Gasteiger partial charge < -0.3 is 4.74 Å². The number of hydrogen-bond acceptors (Lipinski definition) is 3. The number of Topliss-reactive ketones (excluding diaryl/α,β-unsaturated/α-hetero) is 1. The van der Waals surface area contributed by atoms with Gasteiger partial charge in [-0.3, -0.25) is 4.79 Å². The number of esters is 1. The highest BCUT2D eigenvalue weighted by atomic mass is 35.5. The van der Waals surface area contributed by atoms with Crippen molar-refractivity contribution >= 4 is 23.4 Å². The van der Waals surface area contributed by atoms with E-state index in [4.69, 9.17) is 16.3 Å². The van der Waals surface area contributed by atoms with Crippen molar-refractivity contribution in [2.45, 2.75) is 26.2 Å². The molecule has 4 heteroatoms. The zero-order chi connectivity index (χ0) is 14.1. The number of unbranched alkanes of at least 4 members (excludes halogenated alkanes) is 1. The fourth-order valence-corrected chi connectivity index (χ4v) is 1.66. The van der Waals surface area contributed by atoms with Crippen molar-refractivity contribution in [2.24, 2.45) is 0 Å². The third-order valence-electron chi connectivity index (χ3n) is 2.48. The fraction of sp³-hybridized carbons (Fsp3) is 0.333. The summed E-state index contributed by atoms with van der Waals surface area (Å²) < 4.78 is 4.74. The van der Waals surface area contributed by atoms with E-state index in [2.05, 4.69) is 0 Å². The van der Waals surface area contributed by atoms with Gasteiger partial charge in [-0.1, -0.05) is 17.7 Å². The van der Waals surface area contributed by atoms with Crippen LogP contribution in [0.5, 0.6) is 0 Å². The van der Waals surface area contributed by atoms with Gasteiger partial charge in [-0.25, -0.2) is 4.79 Å². The Bertz CT molecular complexity index is 449. The minimum absolute atomic E-state index is 0.0844. The van der Waals surface area contributed by atoms with E-state index < -0.39 is 0 Å². The van der Waals surface area contributed by atoms with E-state index in [0.717, 1.165) is 0 Å². The summed E-state index contributed by atoms with van der Waals surface area (Å²) in [5.74, 6) is -0.257. The van der Waals surface area contributed by atoms with Crippen LogP contribution in [0.2, 0.25) is 5.02 Å². The molecule has 0 unspecified atom stereocenters. The Balaban J connectivity index is 2.28. The topological polar surface area (TPSA) is 43.4 Å². The van der Waals surface area contributed by atoms with Gasteiger partial charge in [0.05, 0.1) is 6.61 Å². The Morgan fingerprint density at radius 3 is 2.58 bits per heavy atom. The van der Waals surface area contributed by atoms with Crippen LogP contribution in [-0.4, -0.2) is 18.4 Å². The van der Waals surface area contributed by atoms with Crippen molar-refractivity contribution in [1.82, 2.24) is 0 Å². The molecule has 0 saturated carbocycles. The summed E-state index contributed by atoms with van der Waals surface area (Å²) in [6.07, 6.45) is 4.97. The molecule has 3 nitrogen and oxygen atoms in total. The summed E-state index contributed by atoms with van der Waals surface area (Å²) in [5, 5.41) is 0.619. The molecular weight excluding hydrogens is 264 g/mol. The lowest BCUT2D eigenvalue weighted by Crippen LogP contribution is -1.99. The average molecular weight is 281 g/mol. The molecule has 0 heterocycles. The number of halogens is 1. The molecule has 0 aromatic heterocycles. The van der Waals surface area contributed by atoms with Crippen LogP contribution in [0.3, 0.4) is 0 Å². The molecule has 0 amide bonds. The first kappa shape index (κ1) is 15.4. The molecule has 0 N–H and O–H groups in total. The number of allylic oxidation sites excluding steroid dienone is 1. The molecule has 0 spiro atoms. The van der Waals surface area contributed by atoms with Crippen LogP contribution in [0.4, 0.5) is 0 Å². The number of benzene rings is 1. The van der Waals surface area contributed by atoms with E-state index >= 15 is 0 Å². The molecule has 0 bridgehead atoms. The van der Waals surface area contributed by atoms with Gasteiger partial charge in [0.2, 0.25) is 0 Å². The average Bonchev–Trinajstić information content (AvgIpc) is 2.39. The monoisotopic (exact) mass is 280 g/mol. The van der Waals surface area contributed by atoms with Crippen molar-refractivity contribution in [3.8, 4) is 0 Å². The molecule has 1 aromatic rings. The Labute approximate surface area is 118 Å². The lowest BCUT2D eigenvalue weighted by atomic mass is 10.1. The quantitative estimate of drug-likeness (QED) is 0.330. The third kappa shape index (κ3) is 6.20. The molecule has 0 fully saturated rings. The van der Waals surface area contributed by atoms with Crippen LogP contribution in [0, 0.1) is 0 Å². The van der Waals surface area contributed by atoms with Gasteiger partial charge >= 0.3 is 5.97 Å². The smallest absolute Gasteiger partial charge is 0.330 e. The first-order valence-corrected chi connectivity index (χ1v) is 6.63. The maximum Gasteiger partial charge on any atom is 0.330 e. The molecule has 0 aliphatic carbocycles. The van der Waals surface area contributed by atoms with E-state index in [1.54, 1.807) is 37.3 Å². The number of rotatable bonds is 7. The van der Waals surface area contributed by atoms with Crippen LogP contribution >= 0.6 is 11.6 Å². The first-order valence-electron chi connectivity index (χ1n) is 6.25. The third-order valence-corrected chi connectivity index (χ3v) is 2.73. The minimum atomic E-state index is -0.341. The van der Waals surface area contributed by atoms with Crippen LogP contribution in [0.15, 0.2) is 36.4 Å². The molecule has 0 atom stereocenters. The second-order valence-corrected chi connectivity index (χ2v) is 4.41. The highest BCUT2D eigenvalue weighted by Gasteiger charge is 2.04. The summed E-state index contributed by atoms with van der Waals surface area (Å²) in [4.78, 5) is 22.8. The van der Waals surface area contributed by atoms with Crippen LogP contribution in [0.25, 0.3) is 0 Å². The Morgan fingerprint density at radius 2 is 1.95 bits per heavy atom. The van der Waals surface area contributed by atoms with Gasteiger partial charge in [-0.15, -0.1) is 0 Å². The second kappa shape index (κ2) is 8.48. The van der Waals surface area contributed by atoms with Gasteiger partial charge in [0.1, 0.15) is 0 Å². The largest absolute Gasteiger partial charge is 0.463 e. The molecule has 0 radical (unpaired) electrons. The molecule has 102 valence electrons. The summed E-state index contributed by atoms with van der Waals surface area (Å²) in [6, 6.07) is 6.85.